The Morgan fingerprint density at radius 1 is 1.38 bits per heavy atom. The van der Waals surface area contributed by atoms with Crippen molar-refractivity contribution in [3.8, 4) is 0 Å². The highest BCUT2D eigenvalue weighted by atomic mass is 16.4. The molecule has 76 valence electrons. The van der Waals surface area contributed by atoms with Crippen molar-refractivity contribution in [2.24, 2.45) is 11.5 Å². The summed E-state index contributed by atoms with van der Waals surface area (Å²) in [6.45, 7) is 0. The van der Waals surface area contributed by atoms with Crippen LogP contribution in [-0.2, 0) is 14.4 Å². The highest BCUT2D eigenvalue weighted by Crippen LogP contribution is 1.93. The molecule has 0 aliphatic rings. The van der Waals surface area contributed by atoms with Gasteiger partial charge in [0.2, 0.25) is 6.41 Å². The average Bonchev–Trinajstić information content (AvgIpc) is 2.01. The number of primary amides is 1. The smallest absolute Gasteiger partial charge is 0.320 e. The summed E-state index contributed by atoms with van der Waals surface area (Å²) < 4.78 is 0. The van der Waals surface area contributed by atoms with Crippen LogP contribution in [0.5, 0.6) is 0 Å². The van der Waals surface area contributed by atoms with Gasteiger partial charge in [0.15, 0.2) is 0 Å². The van der Waals surface area contributed by atoms with Crippen molar-refractivity contribution in [2.75, 3.05) is 0 Å². The number of carboxylic acids is 2. The van der Waals surface area contributed by atoms with Gasteiger partial charge < -0.3 is 21.7 Å². The molecule has 0 unspecified atom stereocenters. The Bertz CT molecular complexity index is 182. The molecule has 0 aliphatic heterocycles. The van der Waals surface area contributed by atoms with Crippen molar-refractivity contribution in [3.63, 3.8) is 0 Å². The van der Waals surface area contributed by atoms with Crippen LogP contribution < -0.4 is 11.5 Å². The molecular formula is C6H12N2O5. The molecule has 1 amide bonds. The highest BCUT2D eigenvalue weighted by Gasteiger charge is 2.12. The summed E-state index contributed by atoms with van der Waals surface area (Å²) in [4.78, 5) is 28.5. The second-order valence-corrected chi connectivity index (χ2v) is 2.01. The van der Waals surface area contributed by atoms with Gasteiger partial charge in [-0.15, -0.1) is 0 Å². The van der Waals surface area contributed by atoms with Crippen molar-refractivity contribution < 1.29 is 24.6 Å². The maximum atomic E-state index is 9.99. The van der Waals surface area contributed by atoms with Crippen molar-refractivity contribution in [1.29, 1.82) is 0 Å². The predicted octanol–water partition coefficient (Wildman–Crippen LogP) is -1.64. The molecule has 0 aromatic heterocycles. The predicted molar refractivity (Wildman–Crippen MR) is 42.7 cm³/mol. The van der Waals surface area contributed by atoms with Crippen LogP contribution in [0, 0.1) is 0 Å². The van der Waals surface area contributed by atoms with Crippen LogP contribution in [-0.4, -0.2) is 34.6 Å². The zero-order chi connectivity index (χ0) is 10.9. The van der Waals surface area contributed by atoms with Crippen molar-refractivity contribution in [1.82, 2.24) is 0 Å². The van der Waals surface area contributed by atoms with E-state index in [4.69, 9.17) is 20.7 Å². The SMILES string of the molecule is NC=O.N[C@H](CCC(=O)O)C(=O)O. The molecule has 6 N–H and O–H groups in total. The quantitative estimate of drug-likeness (QED) is 0.393. The minimum atomic E-state index is -1.17. The second-order valence-electron chi connectivity index (χ2n) is 2.01. The van der Waals surface area contributed by atoms with Crippen LogP contribution in [0.3, 0.4) is 0 Å². The van der Waals surface area contributed by atoms with E-state index >= 15 is 0 Å². The highest BCUT2D eigenvalue weighted by molar-refractivity contribution is 5.74. The first-order chi connectivity index (χ1) is 5.95. The molecule has 13 heavy (non-hydrogen) atoms. The fourth-order valence-corrected chi connectivity index (χ4v) is 0.402. The van der Waals surface area contributed by atoms with Gasteiger partial charge in [0.1, 0.15) is 6.04 Å². The van der Waals surface area contributed by atoms with E-state index in [0.717, 1.165) is 0 Å². The summed E-state index contributed by atoms with van der Waals surface area (Å²) >= 11 is 0. The number of carbonyl (C=O) groups is 3. The summed E-state index contributed by atoms with van der Waals surface area (Å²) in [6, 6.07) is -1.06. The van der Waals surface area contributed by atoms with Crippen LogP contribution in [0.1, 0.15) is 12.8 Å². The molecule has 0 saturated heterocycles. The van der Waals surface area contributed by atoms with Gasteiger partial charge in [0.05, 0.1) is 0 Å². The Labute approximate surface area is 74.3 Å². The molecule has 0 aliphatic carbocycles. The molecule has 0 rings (SSSR count). The van der Waals surface area contributed by atoms with Gasteiger partial charge in [0.25, 0.3) is 0 Å². The van der Waals surface area contributed by atoms with E-state index in [-0.39, 0.29) is 19.3 Å². The number of carbonyl (C=O) groups excluding carboxylic acids is 1. The zero-order valence-corrected chi connectivity index (χ0v) is 6.84. The van der Waals surface area contributed by atoms with Gasteiger partial charge in [-0.1, -0.05) is 0 Å². The van der Waals surface area contributed by atoms with E-state index in [9.17, 15) is 9.59 Å². The van der Waals surface area contributed by atoms with E-state index in [0.29, 0.717) is 0 Å². The van der Waals surface area contributed by atoms with Crippen molar-refractivity contribution >= 4 is 18.3 Å². The van der Waals surface area contributed by atoms with Gasteiger partial charge in [-0.3, -0.25) is 14.4 Å². The molecular weight excluding hydrogens is 180 g/mol. The summed E-state index contributed by atoms with van der Waals surface area (Å²) in [5, 5.41) is 16.3. The molecule has 0 aromatic rings. The minimum absolute atomic E-state index is 0.0231. The number of amides is 1. The van der Waals surface area contributed by atoms with Gasteiger partial charge in [-0.2, -0.15) is 0 Å². The van der Waals surface area contributed by atoms with Crippen molar-refractivity contribution in [2.45, 2.75) is 18.9 Å². The lowest BCUT2D eigenvalue weighted by atomic mass is 10.2. The third kappa shape index (κ3) is 13.4. The van der Waals surface area contributed by atoms with Crippen molar-refractivity contribution in [3.05, 3.63) is 0 Å². The van der Waals surface area contributed by atoms with Crippen LogP contribution in [0.4, 0.5) is 0 Å². The number of hydrogen-bond acceptors (Lipinski definition) is 4. The lowest BCUT2D eigenvalue weighted by Gasteiger charge is -2.01. The third-order valence-electron chi connectivity index (χ3n) is 0.986. The number of hydrogen-bond donors (Lipinski definition) is 4. The molecule has 0 heterocycles. The molecule has 0 aromatic carbocycles. The average molecular weight is 192 g/mol. The first-order valence-corrected chi connectivity index (χ1v) is 3.31. The van der Waals surface area contributed by atoms with E-state index in [1.54, 1.807) is 0 Å². The Morgan fingerprint density at radius 3 is 2.00 bits per heavy atom. The molecule has 0 radical (unpaired) electrons. The maximum absolute atomic E-state index is 9.99. The van der Waals surface area contributed by atoms with Crippen LogP contribution in [0.2, 0.25) is 0 Å². The number of nitrogens with two attached hydrogens (primary N) is 2. The molecule has 0 fully saturated rings. The largest absolute Gasteiger partial charge is 0.481 e. The first-order valence-electron chi connectivity index (χ1n) is 3.31. The van der Waals surface area contributed by atoms with Crippen LogP contribution >= 0.6 is 0 Å². The topological polar surface area (TPSA) is 144 Å². The minimum Gasteiger partial charge on any atom is -0.481 e. The normalized spacial score (nSPS) is 10.5. The zero-order valence-electron chi connectivity index (χ0n) is 6.84. The fraction of sp³-hybridized carbons (Fsp3) is 0.500. The van der Waals surface area contributed by atoms with Gasteiger partial charge >= 0.3 is 11.9 Å². The van der Waals surface area contributed by atoms with Crippen LogP contribution in [0.15, 0.2) is 0 Å². The van der Waals surface area contributed by atoms with Gasteiger partial charge in [-0.25, -0.2) is 0 Å². The molecule has 7 heteroatoms. The van der Waals surface area contributed by atoms with E-state index in [1.165, 1.54) is 0 Å². The summed E-state index contributed by atoms with van der Waals surface area (Å²) in [7, 11) is 0. The second kappa shape index (κ2) is 8.47. The lowest BCUT2D eigenvalue weighted by Crippen LogP contribution is -2.30. The Balaban J connectivity index is 0. The molecule has 0 bridgehead atoms. The number of carboxylic acid groups (broad SMARTS) is 2. The number of aliphatic carboxylic acids is 2. The Morgan fingerprint density at radius 2 is 1.77 bits per heavy atom. The van der Waals surface area contributed by atoms with Crippen LogP contribution in [0.25, 0.3) is 0 Å². The van der Waals surface area contributed by atoms with E-state index in [2.05, 4.69) is 5.73 Å². The number of rotatable bonds is 4. The lowest BCUT2D eigenvalue weighted by molar-refractivity contribution is -0.139. The summed E-state index contributed by atoms with van der Waals surface area (Å²) in [5.74, 6) is -2.20. The van der Waals surface area contributed by atoms with Gasteiger partial charge in [0, 0.05) is 6.42 Å². The maximum Gasteiger partial charge on any atom is 0.320 e. The van der Waals surface area contributed by atoms with Gasteiger partial charge in [-0.05, 0) is 6.42 Å². The molecule has 7 nitrogen and oxygen atoms in total. The summed E-state index contributed by atoms with van der Waals surface area (Å²) in [5.41, 5.74) is 9.17. The molecule has 0 spiro atoms. The monoisotopic (exact) mass is 192 g/mol. The van der Waals surface area contributed by atoms with E-state index < -0.39 is 18.0 Å². The Kier molecular flexibility index (Phi) is 9.07. The standard InChI is InChI=1S/C5H9NO4.CH3NO/c6-3(5(9)10)1-2-4(7)8;2-1-3/h3H,1-2,6H2,(H,7,8)(H,9,10);1H,(H2,2,3)/t3-;/m1./s1. The molecule has 0 saturated carbocycles. The molecule has 1 atom stereocenters. The fourth-order valence-electron chi connectivity index (χ4n) is 0.402. The first kappa shape index (κ1) is 13.9. The Hall–Kier alpha value is -1.63. The third-order valence-corrected chi connectivity index (χ3v) is 0.986. The van der Waals surface area contributed by atoms with E-state index in [1.807, 2.05) is 0 Å². The summed E-state index contributed by atoms with van der Waals surface area (Å²) in [6.07, 6.45) is 0.0259.